The van der Waals surface area contributed by atoms with Crippen molar-refractivity contribution in [1.29, 1.82) is 0 Å². The normalized spacial score (nSPS) is 39.6. The summed E-state index contributed by atoms with van der Waals surface area (Å²) in [5.41, 5.74) is 0. The second kappa shape index (κ2) is 3.43. The standard InChI is InChI=1S/C9H11ClOS/c10-9(11)7-5-4-6-2-1-3-8(7)12-6/h1-2,6-8H,3-5H2. The van der Waals surface area contributed by atoms with Crippen LogP contribution < -0.4 is 0 Å². The molecule has 0 radical (unpaired) electrons. The van der Waals surface area contributed by atoms with Gasteiger partial charge in [-0.3, -0.25) is 4.79 Å². The zero-order chi connectivity index (χ0) is 8.55. The van der Waals surface area contributed by atoms with Crippen LogP contribution in [0.1, 0.15) is 19.3 Å². The molecule has 12 heavy (non-hydrogen) atoms. The van der Waals surface area contributed by atoms with Crippen molar-refractivity contribution in [2.24, 2.45) is 5.92 Å². The molecule has 66 valence electrons. The molecule has 0 aromatic rings. The van der Waals surface area contributed by atoms with E-state index in [1.165, 1.54) is 0 Å². The van der Waals surface area contributed by atoms with Crippen molar-refractivity contribution in [2.75, 3.05) is 0 Å². The molecule has 1 nitrogen and oxygen atoms in total. The average Bonchev–Trinajstić information content (AvgIpc) is 2.04. The Morgan fingerprint density at radius 1 is 1.50 bits per heavy atom. The fraction of sp³-hybridized carbons (Fsp3) is 0.667. The number of hydrogen-bond donors (Lipinski definition) is 0. The lowest BCUT2D eigenvalue weighted by Gasteiger charge is -2.34. The van der Waals surface area contributed by atoms with Gasteiger partial charge in [0.25, 0.3) is 0 Å². The number of fused-ring (bicyclic) bond motifs is 2. The minimum atomic E-state index is -0.138. The lowest BCUT2D eigenvalue weighted by atomic mass is 9.93. The number of rotatable bonds is 1. The van der Waals surface area contributed by atoms with Crippen molar-refractivity contribution in [2.45, 2.75) is 29.8 Å². The van der Waals surface area contributed by atoms with Crippen LogP contribution in [0.25, 0.3) is 0 Å². The Hall–Kier alpha value is 0.0500. The maximum absolute atomic E-state index is 11.0. The van der Waals surface area contributed by atoms with Crippen LogP contribution in [-0.4, -0.2) is 15.7 Å². The molecule has 2 aliphatic rings. The van der Waals surface area contributed by atoms with E-state index in [1.807, 2.05) is 11.8 Å². The van der Waals surface area contributed by atoms with Crippen molar-refractivity contribution in [1.82, 2.24) is 0 Å². The van der Waals surface area contributed by atoms with Gasteiger partial charge in [-0.2, -0.15) is 0 Å². The van der Waals surface area contributed by atoms with Gasteiger partial charge in [0.15, 0.2) is 0 Å². The first-order valence-electron chi connectivity index (χ1n) is 4.29. The summed E-state index contributed by atoms with van der Waals surface area (Å²) in [4.78, 5) is 11.0. The van der Waals surface area contributed by atoms with E-state index in [1.54, 1.807) is 0 Å². The number of allylic oxidation sites excluding steroid dienone is 1. The minimum Gasteiger partial charge on any atom is -0.281 e. The molecule has 1 fully saturated rings. The Kier molecular flexibility index (Phi) is 2.47. The number of thioether (sulfide) groups is 1. The second-order valence-corrected chi connectivity index (χ2v) is 5.22. The van der Waals surface area contributed by atoms with Gasteiger partial charge in [0.05, 0.1) is 0 Å². The summed E-state index contributed by atoms with van der Waals surface area (Å²) in [7, 11) is 0. The molecule has 0 aliphatic carbocycles. The Bertz CT molecular complexity index is 227. The van der Waals surface area contributed by atoms with Crippen LogP contribution in [0.15, 0.2) is 12.2 Å². The topological polar surface area (TPSA) is 17.1 Å². The summed E-state index contributed by atoms with van der Waals surface area (Å²) in [5.74, 6) is 0.109. The zero-order valence-electron chi connectivity index (χ0n) is 6.70. The third kappa shape index (κ3) is 1.55. The molecular weight excluding hydrogens is 192 g/mol. The van der Waals surface area contributed by atoms with Gasteiger partial charge in [-0.25, -0.2) is 0 Å². The molecule has 3 unspecified atom stereocenters. The number of hydrogen-bond acceptors (Lipinski definition) is 2. The Morgan fingerprint density at radius 2 is 2.33 bits per heavy atom. The van der Waals surface area contributed by atoms with Gasteiger partial charge in [0, 0.05) is 16.4 Å². The van der Waals surface area contributed by atoms with Crippen molar-refractivity contribution in [3.63, 3.8) is 0 Å². The van der Waals surface area contributed by atoms with E-state index in [-0.39, 0.29) is 11.2 Å². The first-order valence-corrected chi connectivity index (χ1v) is 5.61. The van der Waals surface area contributed by atoms with Crippen molar-refractivity contribution in [3.05, 3.63) is 12.2 Å². The third-order valence-corrected chi connectivity index (χ3v) is 4.46. The first-order chi connectivity index (χ1) is 5.77. The van der Waals surface area contributed by atoms with Crippen LogP contribution in [0.3, 0.4) is 0 Å². The van der Waals surface area contributed by atoms with Crippen molar-refractivity contribution in [3.8, 4) is 0 Å². The van der Waals surface area contributed by atoms with E-state index in [0.717, 1.165) is 19.3 Å². The molecule has 0 aromatic carbocycles. The molecule has 0 N–H and O–H groups in total. The zero-order valence-corrected chi connectivity index (χ0v) is 8.27. The maximum Gasteiger partial charge on any atom is 0.225 e. The monoisotopic (exact) mass is 202 g/mol. The summed E-state index contributed by atoms with van der Waals surface area (Å²) >= 11 is 7.44. The lowest BCUT2D eigenvalue weighted by molar-refractivity contribution is -0.115. The van der Waals surface area contributed by atoms with Gasteiger partial charge in [-0.1, -0.05) is 12.2 Å². The van der Waals surface area contributed by atoms with E-state index in [0.29, 0.717) is 10.5 Å². The van der Waals surface area contributed by atoms with Crippen LogP contribution in [0.4, 0.5) is 0 Å². The second-order valence-electron chi connectivity index (χ2n) is 3.36. The summed E-state index contributed by atoms with van der Waals surface area (Å²) in [5, 5.41) is 0.969. The van der Waals surface area contributed by atoms with Crippen LogP contribution >= 0.6 is 23.4 Å². The van der Waals surface area contributed by atoms with Gasteiger partial charge < -0.3 is 0 Å². The molecule has 2 bridgehead atoms. The van der Waals surface area contributed by atoms with E-state index in [4.69, 9.17) is 11.6 Å². The van der Waals surface area contributed by atoms with E-state index < -0.39 is 0 Å². The molecule has 2 rings (SSSR count). The summed E-state index contributed by atoms with van der Waals surface area (Å²) < 4.78 is 0. The number of halogens is 1. The van der Waals surface area contributed by atoms with Gasteiger partial charge in [0.2, 0.25) is 5.24 Å². The predicted molar refractivity (Wildman–Crippen MR) is 52.5 cm³/mol. The average molecular weight is 203 g/mol. The number of carbonyl (C=O) groups excluding carboxylic acids is 1. The molecule has 0 aromatic heterocycles. The molecule has 2 aliphatic heterocycles. The van der Waals surface area contributed by atoms with Crippen LogP contribution in [0.2, 0.25) is 0 Å². The molecule has 0 amide bonds. The Balaban J connectivity index is 2.11. The summed E-state index contributed by atoms with van der Waals surface area (Å²) in [6, 6.07) is 0. The van der Waals surface area contributed by atoms with Crippen molar-refractivity contribution >= 4 is 28.6 Å². The van der Waals surface area contributed by atoms with Gasteiger partial charge in [0.1, 0.15) is 0 Å². The van der Waals surface area contributed by atoms with Crippen LogP contribution in [0, 0.1) is 5.92 Å². The highest BCUT2D eigenvalue weighted by molar-refractivity contribution is 8.00. The molecule has 1 saturated heterocycles. The highest BCUT2D eigenvalue weighted by Gasteiger charge is 2.34. The smallest absolute Gasteiger partial charge is 0.225 e. The van der Waals surface area contributed by atoms with Gasteiger partial charge in [-0.05, 0) is 30.9 Å². The molecule has 0 spiro atoms. The summed E-state index contributed by atoms with van der Waals surface area (Å²) in [6.07, 6.45) is 7.56. The highest BCUT2D eigenvalue weighted by Crippen LogP contribution is 2.42. The molecule has 3 heteroatoms. The van der Waals surface area contributed by atoms with E-state index in [2.05, 4.69) is 12.2 Å². The first kappa shape index (κ1) is 8.64. The predicted octanol–water partition coefficient (Wildman–Crippen LogP) is 2.59. The minimum absolute atomic E-state index is 0.109. The largest absolute Gasteiger partial charge is 0.281 e. The fourth-order valence-corrected chi connectivity index (χ4v) is 3.83. The molecule has 2 heterocycles. The SMILES string of the molecule is O=C(Cl)C1CCC2C=CCC1S2. The van der Waals surface area contributed by atoms with Crippen molar-refractivity contribution < 1.29 is 4.79 Å². The van der Waals surface area contributed by atoms with Crippen LogP contribution in [-0.2, 0) is 4.79 Å². The fourth-order valence-electron chi connectivity index (χ4n) is 1.90. The maximum atomic E-state index is 11.0. The molecule has 3 atom stereocenters. The lowest BCUT2D eigenvalue weighted by Crippen LogP contribution is -2.31. The van der Waals surface area contributed by atoms with Gasteiger partial charge >= 0.3 is 0 Å². The Labute approximate surface area is 81.5 Å². The van der Waals surface area contributed by atoms with E-state index >= 15 is 0 Å². The quantitative estimate of drug-likeness (QED) is 0.480. The highest BCUT2D eigenvalue weighted by atomic mass is 35.5. The third-order valence-electron chi connectivity index (χ3n) is 2.57. The Morgan fingerprint density at radius 3 is 3.08 bits per heavy atom. The summed E-state index contributed by atoms with van der Waals surface area (Å²) in [6.45, 7) is 0. The number of carbonyl (C=O) groups is 1. The van der Waals surface area contributed by atoms with Gasteiger partial charge in [-0.15, -0.1) is 11.8 Å². The molecular formula is C9H11ClOS. The molecule has 0 saturated carbocycles. The van der Waals surface area contributed by atoms with E-state index in [9.17, 15) is 4.79 Å². The van der Waals surface area contributed by atoms with Crippen LogP contribution in [0.5, 0.6) is 0 Å².